The Morgan fingerprint density at radius 3 is 2.68 bits per heavy atom. The average molecular weight is 440 g/mol. The molecule has 0 aromatic heterocycles. The number of nitrogens with one attached hydrogen (secondary N) is 2. The lowest BCUT2D eigenvalue weighted by molar-refractivity contribution is 0.0984. The third kappa shape index (κ3) is 4.40. The van der Waals surface area contributed by atoms with Crippen molar-refractivity contribution in [3.05, 3.63) is 58.9 Å². The molecule has 31 heavy (non-hydrogen) atoms. The first kappa shape index (κ1) is 20.7. The lowest BCUT2D eigenvalue weighted by Crippen LogP contribution is -2.35. The number of benzene rings is 2. The minimum Gasteiger partial charge on any atom is -0.377 e. The van der Waals surface area contributed by atoms with Crippen molar-refractivity contribution in [2.75, 3.05) is 23.3 Å². The van der Waals surface area contributed by atoms with Crippen LogP contribution in [-0.4, -0.2) is 24.2 Å². The van der Waals surface area contributed by atoms with Gasteiger partial charge in [-0.3, -0.25) is 9.52 Å². The van der Waals surface area contributed by atoms with Gasteiger partial charge in [-0.1, -0.05) is 13.8 Å². The van der Waals surface area contributed by atoms with Crippen LogP contribution in [0.3, 0.4) is 0 Å². The van der Waals surface area contributed by atoms with Gasteiger partial charge >= 0.3 is 0 Å². The Labute approximate surface area is 188 Å². The zero-order chi connectivity index (χ0) is 21.6. The van der Waals surface area contributed by atoms with Crippen molar-refractivity contribution in [3.8, 4) is 0 Å². The summed E-state index contributed by atoms with van der Waals surface area (Å²) in [7, 11) is 0. The summed E-state index contributed by atoms with van der Waals surface area (Å²) in [5, 5.41) is 4.24. The average Bonchev–Trinajstić information content (AvgIpc) is 3.40. The van der Waals surface area contributed by atoms with Gasteiger partial charge in [0.15, 0.2) is 0 Å². The predicted molar refractivity (Wildman–Crippen MR) is 126 cm³/mol. The number of carbonyl (C=O) groups is 1. The smallest absolute Gasteiger partial charge is 0.261 e. The van der Waals surface area contributed by atoms with Gasteiger partial charge in [-0.15, -0.1) is 0 Å². The Kier molecular flexibility index (Phi) is 5.37. The molecule has 1 amide bonds. The van der Waals surface area contributed by atoms with E-state index in [0.717, 1.165) is 42.0 Å². The normalized spacial score (nSPS) is 22.0. The minimum atomic E-state index is -0.178. The number of carbonyl (C=O) groups excluding carboxylic acids is 1. The monoisotopic (exact) mass is 439 g/mol. The van der Waals surface area contributed by atoms with E-state index in [9.17, 15) is 9.18 Å². The molecule has 4 nitrogen and oxygen atoms in total. The van der Waals surface area contributed by atoms with Crippen LogP contribution in [0.1, 0.15) is 67.1 Å². The Hall–Kier alpha value is -2.21. The van der Waals surface area contributed by atoms with Crippen LogP contribution in [0.25, 0.3) is 0 Å². The Morgan fingerprint density at radius 2 is 1.94 bits per heavy atom. The molecule has 1 aliphatic carbocycles. The van der Waals surface area contributed by atoms with Gasteiger partial charge in [0.05, 0.1) is 6.04 Å². The van der Waals surface area contributed by atoms with E-state index >= 15 is 0 Å². The molecule has 0 bridgehead atoms. The molecule has 2 fully saturated rings. The molecule has 2 aromatic carbocycles. The van der Waals surface area contributed by atoms with Gasteiger partial charge in [-0.05, 0) is 97.0 Å². The standard InChI is InChI=1S/C25H30FN3OS/c1-25(2)15-18-11-16(24(30)28-31-21-6-7-21)5-8-22(18)27-23(25)17-12-19(26)14-20(13-17)29-9-3-4-10-29/h5,8,11-14,21,23,27H,3-4,6-7,9-10,15H2,1-2H3,(H,28,30). The van der Waals surface area contributed by atoms with Crippen LogP contribution < -0.4 is 14.9 Å². The van der Waals surface area contributed by atoms with E-state index in [1.54, 1.807) is 12.1 Å². The molecule has 1 unspecified atom stereocenters. The summed E-state index contributed by atoms with van der Waals surface area (Å²) < 4.78 is 17.5. The van der Waals surface area contributed by atoms with E-state index in [2.05, 4.69) is 34.9 Å². The number of amides is 1. The number of halogens is 1. The molecular weight excluding hydrogens is 409 g/mol. The van der Waals surface area contributed by atoms with Crippen LogP contribution in [0.5, 0.6) is 0 Å². The summed E-state index contributed by atoms with van der Waals surface area (Å²) in [4.78, 5) is 14.8. The van der Waals surface area contributed by atoms with Gasteiger partial charge in [-0.25, -0.2) is 4.39 Å². The van der Waals surface area contributed by atoms with Crippen molar-refractivity contribution < 1.29 is 9.18 Å². The van der Waals surface area contributed by atoms with E-state index in [-0.39, 0.29) is 23.2 Å². The lowest BCUT2D eigenvalue weighted by atomic mass is 9.72. The molecule has 1 saturated heterocycles. The number of rotatable bonds is 5. The highest BCUT2D eigenvalue weighted by Crippen LogP contribution is 2.46. The van der Waals surface area contributed by atoms with E-state index in [0.29, 0.717) is 10.8 Å². The van der Waals surface area contributed by atoms with Gasteiger partial charge in [0.1, 0.15) is 5.82 Å². The van der Waals surface area contributed by atoms with Crippen molar-refractivity contribution in [2.24, 2.45) is 5.41 Å². The second-order valence-corrected chi connectivity index (χ2v) is 10.9. The molecular formula is C25H30FN3OS. The van der Waals surface area contributed by atoms with Gasteiger partial charge in [-0.2, -0.15) is 0 Å². The molecule has 2 heterocycles. The molecule has 164 valence electrons. The molecule has 1 saturated carbocycles. The number of fused-ring (bicyclic) bond motifs is 1. The molecule has 2 aromatic rings. The highest BCUT2D eigenvalue weighted by Gasteiger charge is 2.37. The maximum absolute atomic E-state index is 14.6. The number of anilines is 2. The van der Waals surface area contributed by atoms with Crippen LogP contribution >= 0.6 is 11.9 Å². The fourth-order valence-corrected chi connectivity index (χ4v) is 5.57. The van der Waals surface area contributed by atoms with Crippen molar-refractivity contribution in [3.63, 3.8) is 0 Å². The van der Waals surface area contributed by atoms with Crippen LogP contribution in [0.2, 0.25) is 0 Å². The van der Waals surface area contributed by atoms with Crippen molar-refractivity contribution >= 4 is 29.2 Å². The third-order valence-electron chi connectivity index (χ3n) is 6.65. The molecule has 2 aliphatic heterocycles. The summed E-state index contributed by atoms with van der Waals surface area (Å²) in [5.41, 5.74) is 4.71. The van der Waals surface area contributed by atoms with Gasteiger partial charge in [0.2, 0.25) is 0 Å². The van der Waals surface area contributed by atoms with E-state index in [1.165, 1.54) is 37.6 Å². The van der Waals surface area contributed by atoms with Gasteiger partial charge in [0.25, 0.3) is 5.91 Å². The van der Waals surface area contributed by atoms with Gasteiger partial charge in [0, 0.05) is 35.3 Å². The molecule has 6 heteroatoms. The van der Waals surface area contributed by atoms with Crippen LogP contribution in [0.15, 0.2) is 36.4 Å². The predicted octanol–water partition coefficient (Wildman–Crippen LogP) is 5.70. The van der Waals surface area contributed by atoms with Crippen LogP contribution in [0, 0.1) is 11.2 Å². The fraction of sp³-hybridized carbons (Fsp3) is 0.480. The zero-order valence-corrected chi connectivity index (χ0v) is 19.0. The minimum absolute atomic E-state index is 0.00199. The Morgan fingerprint density at radius 1 is 1.16 bits per heavy atom. The second kappa shape index (κ2) is 8.05. The van der Waals surface area contributed by atoms with Crippen LogP contribution in [-0.2, 0) is 6.42 Å². The number of hydrogen-bond acceptors (Lipinski definition) is 4. The molecule has 3 aliphatic rings. The molecule has 2 N–H and O–H groups in total. The Bertz CT molecular complexity index is 998. The van der Waals surface area contributed by atoms with Crippen molar-refractivity contribution in [1.29, 1.82) is 0 Å². The SMILES string of the molecule is CC1(C)Cc2cc(C(=O)NSC3CC3)ccc2NC1c1cc(F)cc(N2CCCC2)c1. The van der Waals surface area contributed by atoms with Crippen molar-refractivity contribution in [1.82, 2.24) is 4.72 Å². The van der Waals surface area contributed by atoms with Gasteiger partial charge < -0.3 is 10.2 Å². The highest BCUT2D eigenvalue weighted by atomic mass is 32.2. The topological polar surface area (TPSA) is 44.4 Å². The summed E-state index contributed by atoms with van der Waals surface area (Å²) in [5.74, 6) is -0.206. The first-order valence-electron chi connectivity index (χ1n) is 11.3. The van der Waals surface area contributed by atoms with E-state index in [4.69, 9.17) is 0 Å². The number of nitrogens with zero attached hydrogens (tertiary/aromatic N) is 1. The molecule has 0 spiro atoms. The summed E-state index contributed by atoms with van der Waals surface area (Å²) >= 11 is 1.54. The van der Waals surface area contributed by atoms with Crippen LogP contribution in [0.4, 0.5) is 15.8 Å². The van der Waals surface area contributed by atoms with E-state index < -0.39 is 0 Å². The lowest BCUT2D eigenvalue weighted by Gasteiger charge is -2.41. The number of hydrogen-bond donors (Lipinski definition) is 2. The summed E-state index contributed by atoms with van der Waals surface area (Å²) in [6, 6.07) is 11.4. The molecule has 5 rings (SSSR count). The third-order valence-corrected chi connectivity index (χ3v) is 7.75. The summed E-state index contributed by atoms with van der Waals surface area (Å²) in [6.07, 6.45) is 5.54. The maximum atomic E-state index is 14.6. The van der Waals surface area contributed by atoms with Crippen molar-refractivity contribution in [2.45, 2.75) is 57.2 Å². The summed E-state index contributed by atoms with van der Waals surface area (Å²) in [6.45, 7) is 6.42. The fourth-order valence-electron chi connectivity index (χ4n) is 4.80. The maximum Gasteiger partial charge on any atom is 0.261 e. The quantitative estimate of drug-likeness (QED) is 0.587. The largest absolute Gasteiger partial charge is 0.377 e. The first-order chi connectivity index (χ1) is 14.9. The van der Waals surface area contributed by atoms with E-state index in [1.807, 2.05) is 18.2 Å². The Balaban J connectivity index is 1.39. The second-order valence-electron chi connectivity index (χ2n) is 9.80. The molecule has 0 radical (unpaired) electrons. The first-order valence-corrected chi connectivity index (χ1v) is 12.2. The highest BCUT2D eigenvalue weighted by molar-refractivity contribution is 7.98. The zero-order valence-electron chi connectivity index (χ0n) is 18.2. The molecule has 1 atom stereocenters.